The number of benzene rings is 1. The van der Waals surface area contributed by atoms with Crippen molar-refractivity contribution in [3.8, 4) is 5.75 Å². The van der Waals surface area contributed by atoms with E-state index in [4.69, 9.17) is 4.74 Å². The number of amides is 1. The van der Waals surface area contributed by atoms with E-state index in [1.165, 1.54) is 6.07 Å². The number of phenols is 1. The zero-order valence-corrected chi connectivity index (χ0v) is 13.1. The van der Waals surface area contributed by atoms with E-state index < -0.39 is 0 Å². The van der Waals surface area contributed by atoms with Gasteiger partial charge in [0.2, 0.25) is 0 Å². The number of hydrogen-bond acceptors (Lipinski definition) is 3. The molecule has 1 aliphatic heterocycles. The van der Waals surface area contributed by atoms with E-state index in [9.17, 15) is 9.90 Å². The molecule has 0 spiro atoms. The number of rotatable bonds is 3. The van der Waals surface area contributed by atoms with E-state index in [-0.39, 0.29) is 17.1 Å². The van der Waals surface area contributed by atoms with Crippen LogP contribution >= 0.6 is 22.6 Å². The van der Waals surface area contributed by atoms with Crippen molar-refractivity contribution in [3.05, 3.63) is 27.3 Å². The Balaban J connectivity index is 1.95. The quantitative estimate of drug-likeness (QED) is 0.799. The number of carbonyl (C=O) groups is 1. The van der Waals surface area contributed by atoms with Gasteiger partial charge in [0.15, 0.2) is 0 Å². The van der Waals surface area contributed by atoms with Crippen LogP contribution in [-0.2, 0) is 4.74 Å². The third kappa shape index (κ3) is 3.82. The zero-order valence-electron chi connectivity index (χ0n) is 10.9. The SMILES string of the molecule is CC1(CNC(=O)c2ccc(I)c(O)c2)CCOCC1. The number of aromatic hydroxyl groups is 1. The van der Waals surface area contributed by atoms with Gasteiger partial charge in [0.25, 0.3) is 5.91 Å². The van der Waals surface area contributed by atoms with Crippen molar-refractivity contribution >= 4 is 28.5 Å². The normalized spacial score (nSPS) is 18.0. The summed E-state index contributed by atoms with van der Waals surface area (Å²) in [6.45, 7) is 4.33. The lowest BCUT2D eigenvalue weighted by molar-refractivity contribution is 0.0238. The second-order valence-electron chi connectivity index (χ2n) is 5.27. The average Bonchev–Trinajstić information content (AvgIpc) is 2.40. The molecule has 0 atom stereocenters. The molecule has 104 valence electrons. The predicted molar refractivity (Wildman–Crippen MR) is 81.3 cm³/mol. The number of ether oxygens (including phenoxy) is 1. The smallest absolute Gasteiger partial charge is 0.251 e. The maximum Gasteiger partial charge on any atom is 0.251 e. The Hall–Kier alpha value is -0.820. The highest BCUT2D eigenvalue weighted by molar-refractivity contribution is 14.1. The van der Waals surface area contributed by atoms with Crippen LogP contribution < -0.4 is 5.32 Å². The molecule has 2 rings (SSSR count). The number of nitrogens with one attached hydrogen (secondary N) is 1. The molecule has 1 saturated heterocycles. The molecule has 1 aliphatic rings. The van der Waals surface area contributed by atoms with Crippen LogP contribution in [0.4, 0.5) is 0 Å². The second-order valence-corrected chi connectivity index (χ2v) is 6.43. The number of halogens is 1. The number of hydrogen-bond donors (Lipinski definition) is 2. The summed E-state index contributed by atoms with van der Waals surface area (Å²) in [6, 6.07) is 4.97. The summed E-state index contributed by atoms with van der Waals surface area (Å²) < 4.78 is 6.08. The molecule has 1 amide bonds. The summed E-state index contributed by atoms with van der Waals surface area (Å²) in [6.07, 6.45) is 1.93. The third-order valence-electron chi connectivity index (χ3n) is 3.58. The fourth-order valence-electron chi connectivity index (χ4n) is 2.09. The minimum absolute atomic E-state index is 0.110. The van der Waals surface area contributed by atoms with Gasteiger partial charge in [-0.05, 0) is 59.0 Å². The van der Waals surface area contributed by atoms with Gasteiger partial charge in [-0.2, -0.15) is 0 Å². The molecular weight excluding hydrogens is 357 g/mol. The van der Waals surface area contributed by atoms with Crippen molar-refractivity contribution in [2.24, 2.45) is 5.41 Å². The predicted octanol–water partition coefficient (Wildman–Crippen LogP) is 2.54. The maximum atomic E-state index is 12.0. The van der Waals surface area contributed by atoms with Crippen molar-refractivity contribution in [1.29, 1.82) is 0 Å². The van der Waals surface area contributed by atoms with E-state index in [0.717, 1.165) is 29.6 Å². The molecule has 0 saturated carbocycles. The van der Waals surface area contributed by atoms with Gasteiger partial charge in [0.1, 0.15) is 5.75 Å². The first-order valence-electron chi connectivity index (χ1n) is 6.35. The Labute approximate surface area is 126 Å². The highest BCUT2D eigenvalue weighted by Gasteiger charge is 2.27. The van der Waals surface area contributed by atoms with Crippen LogP contribution in [-0.4, -0.2) is 30.8 Å². The molecule has 0 unspecified atom stereocenters. The summed E-state index contributed by atoms with van der Waals surface area (Å²) in [5, 5.41) is 12.6. The van der Waals surface area contributed by atoms with Gasteiger partial charge in [-0.1, -0.05) is 6.92 Å². The molecule has 0 aromatic heterocycles. The average molecular weight is 375 g/mol. The Morgan fingerprint density at radius 3 is 2.79 bits per heavy atom. The van der Waals surface area contributed by atoms with Crippen LogP contribution in [0.25, 0.3) is 0 Å². The van der Waals surface area contributed by atoms with Gasteiger partial charge >= 0.3 is 0 Å². The minimum Gasteiger partial charge on any atom is -0.507 e. The Bertz CT molecular complexity index is 470. The fraction of sp³-hybridized carbons (Fsp3) is 0.500. The van der Waals surface area contributed by atoms with Gasteiger partial charge in [0.05, 0.1) is 3.57 Å². The largest absolute Gasteiger partial charge is 0.507 e. The molecule has 1 fully saturated rings. The number of phenolic OH excluding ortho intramolecular Hbond substituents is 1. The summed E-state index contributed by atoms with van der Waals surface area (Å²) in [5.74, 6) is 0.00458. The zero-order chi connectivity index (χ0) is 13.9. The Morgan fingerprint density at radius 2 is 2.16 bits per heavy atom. The van der Waals surface area contributed by atoms with Gasteiger partial charge in [-0.15, -0.1) is 0 Å². The lowest BCUT2D eigenvalue weighted by Gasteiger charge is -2.33. The molecule has 0 aliphatic carbocycles. The molecule has 1 aromatic carbocycles. The minimum atomic E-state index is -0.139. The Kier molecular flexibility index (Phi) is 4.67. The van der Waals surface area contributed by atoms with Crippen molar-refractivity contribution < 1.29 is 14.6 Å². The van der Waals surface area contributed by atoms with E-state index in [1.807, 2.05) is 22.6 Å². The molecule has 5 heteroatoms. The molecule has 0 radical (unpaired) electrons. The van der Waals surface area contributed by atoms with Gasteiger partial charge < -0.3 is 15.2 Å². The van der Waals surface area contributed by atoms with E-state index >= 15 is 0 Å². The molecule has 2 N–H and O–H groups in total. The summed E-state index contributed by atoms with van der Waals surface area (Å²) in [4.78, 5) is 12.0. The summed E-state index contributed by atoms with van der Waals surface area (Å²) >= 11 is 2.03. The van der Waals surface area contributed by atoms with Gasteiger partial charge in [0, 0.05) is 25.3 Å². The van der Waals surface area contributed by atoms with Crippen molar-refractivity contribution in [1.82, 2.24) is 5.32 Å². The Morgan fingerprint density at radius 1 is 1.47 bits per heavy atom. The van der Waals surface area contributed by atoms with Crippen molar-refractivity contribution in [2.75, 3.05) is 19.8 Å². The number of carbonyl (C=O) groups excluding carboxylic acids is 1. The second kappa shape index (κ2) is 6.09. The summed E-state index contributed by atoms with van der Waals surface area (Å²) in [7, 11) is 0. The molecule has 1 heterocycles. The lowest BCUT2D eigenvalue weighted by atomic mass is 9.82. The van der Waals surface area contributed by atoms with Crippen LogP contribution in [0.3, 0.4) is 0 Å². The molecular formula is C14H18INO3. The van der Waals surface area contributed by atoms with E-state index in [1.54, 1.807) is 12.1 Å². The van der Waals surface area contributed by atoms with E-state index in [0.29, 0.717) is 12.1 Å². The highest BCUT2D eigenvalue weighted by Crippen LogP contribution is 2.28. The first-order chi connectivity index (χ1) is 9.00. The molecule has 1 aromatic rings. The van der Waals surface area contributed by atoms with Gasteiger partial charge in [-0.3, -0.25) is 4.79 Å². The van der Waals surface area contributed by atoms with Crippen LogP contribution in [0.15, 0.2) is 18.2 Å². The third-order valence-corrected chi connectivity index (χ3v) is 4.50. The monoisotopic (exact) mass is 375 g/mol. The molecule has 4 nitrogen and oxygen atoms in total. The summed E-state index contributed by atoms with van der Waals surface area (Å²) in [5.41, 5.74) is 0.604. The van der Waals surface area contributed by atoms with Crippen molar-refractivity contribution in [2.45, 2.75) is 19.8 Å². The van der Waals surface area contributed by atoms with E-state index in [2.05, 4.69) is 12.2 Å². The first-order valence-corrected chi connectivity index (χ1v) is 7.43. The van der Waals surface area contributed by atoms with Crippen LogP contribution in [0.5, 0.6) is 5.75 Å². The van der Waals surface area contributed by atoms with Gasteiger partial charge in [-0.25, -0.2) is 0 Å². The lowest BCUT2D eigenvalue weighted by Crippen LogP contribution is -2.39. The van der Waals surface area contributed by atoms with Crippen LogP contribution in [0, 0.1) is 8.99 Å². The molecule has 19 heavy (non-hydrogen) atoms. The van der Waals surface area contributed by atoms with Crippen LogP contribution in [0.2, 0.25) is 0 Å². The highest BCUT2D eigenvalue weighted by atomic mass is 127. The first kappa shape index (κ1) is 14.6. The molecule has 0 bridgehead atoms. The standard InChI is InChI=1S/C14H18INO3/c1-14(4-6-19-7-5-14)9-16-13(18)10-2-3-11(15)12(17)8-10/h2-3,8,17H,4-7,9H2,1H3,(H,16,18). The topological polar surface area (TPSA) is 58.6 Å². The van der Waals surface area contributed by atoms with Crippen LogP contribution in [0.1, 0.15) is 30.1 Å². The van der Waals surface area contributed by atoms with Crippen molar-refractivity contribution in [3.63, 3.8) is 0 Å². The maximum absolute atomic E-state index is 12.0. The fourth-order valence-corrected chi connectivity index (χ4v) is 2.43.